The fourth-order valence-corrected chi connectivity index (χ4v) is 2.72. The van der Waals surface area contributed by atoms with Gasteiger partial charge in [0.2, 0.25) is 0 Å². The standard InChI is InChI=1S/C14H18S/c1-11(2)4-3-5-12-6-7-13-8-9-15-14(13)10-12/h6-11H,3-5H2,1-2H3. The summed E-state index contributed by atoms with van der Waals surface area (Å²) in [5.41, 5.74) is 1.49. The van der Waals surface area contributed by atoms with Gasteiger partial charge in [0, 0.05) is 4.70 Å². The van der Waals surface area contributed by atoms with Crippen LogP contribution in [0.1, 0.15) is 32.3 Å². The molecular weight excluding hydrogens is 200 g/mol. The van der Waals surface area contributed by atoms with Gasteiger partial charge in [-0.05, 0) is 47.2 Å². The van der Waals surface area contributed by atoms with Gasteiger partial charge in [-0.25, -0.2) is 0 Å². The van der Waals surface area contributed by atoms with Gasteiger partial charge < -0.3 is 0 Å². The highest BCUT2D eigenvalue weighted by atomic mass is 32.1. The first kappa shape index (κ1) is 10.7. The molecule has 0 unspecified atom stereocenters. The number of hydrogen-bond donors (Lipinski definition) is 0. The predicted molar refractivity (Wildman–Crippen MR) is 69.6 cm³/mol. The van der Waals surface area contributed by atoms with E-state index in [-0.39, 0.29) is 0 Å². The monoisotopic (exact) mass is 218 g/mol. The van der Waals surface area contributed by atoms with Gasteiger partial charge in [0.05, 0.1) is 0 Å². The highest BCUT2D eigenvalue weighted by molar-refractivity contribution is 7.17. The smallest absolute Gasteiger partial charge is 0.0345 e. The van der Waals surface area contributed by atoms with Crippen molar-refractivity contribution in [2.24, 2.45) is 5.92 Å². The van der Waals surface area contributed by atoms with E-state index >= 15 is 0 Å². The van der Waals surface area contributed by atoms with Crippen LogP contribution in [0.3, 0.4) is 0 Å². The Labute approximate surface area is 95.9 Å². The Kier molecular flexibility index (Phi) is 3.42. The van der Waals surface area contributed by atoms with E-state index in [0.29, 0.717) is 0 Å². The van der Waals surface area contributed by atoms with Gasteiger partial charge >= 0.3 is 0 Å². The van der Waals surface area contributed by atoms with E-state index in [2.05, 4.69) is 43.5 Å². The predicted octanol–water partition coefficient (Wildman–Crippen LogP) is 4.88. The number of fused-ring (bicyclic) bond motifs is 1. The van der Waals surface area contributed by atoms with E-state index in [1.165, 1.54) is 34.9 Å². The summed E-state index contributed by atoms with van der Waals surface area (Å²) in [4.78, 5) is 0. The second-order valence-electron chi connectivity index (χ2n) is 4.58. The van der Waals surface area contributed by atoms with Gasteiger partial charge in [0.1, 0.15) is 0 Å². The van der Waals surface area contributed by atoms with Crippen molar-refractivity contribution in [3.63, 3.8) is 0 Å². The third-order valence-electron chi connectivity index (χ3n) is 2.77. The van der Waals surface area contributed by atoms with Crippen LogP contribution in [0.4, 0.5) is 0 Å². The first-order valence-electron chi connectivity index (χ1n) is 5.72. The molecule has 0 fully saturated rings. The van der Waals surface area contributed by atoms with Crippen molar-refractivity contribution >= 4 is 21.4 Å². The zero-order valence-electron chi connectivity index (χ0n) is 9.49. The van der Waals surface area contributed by atoms with Crippen molar-refractivity contribution in [1.29, 1.82) is 0 Å². The minimum atomic E-state index is 0.829. The van der Waals surface area contributed by atoms with Crippen molar-refractivity contribution in [3.05, 3.63) is 35.2 Å². The largest absolute Gasteiger partial charge is 0.144 e. The highest BCUT2D eigenvalue weighted by Gasteiger charge is 1.99. The molecule has 2 rings (SSSR count). The van der Waals surface area contributed by atoms with Crippen molar-refractivity contribution < 1.29 is 0 Å². The van der Waals surface area contributed by atoms with E-state index < -0.39 is 0 Å². The SMILES string of the molecule is CC(C)CCCc1ccc2ccsc2c1. The van der Waals surface area contributed by atoms with Crippen LogP contribution >= 0.6 is 11.3 Å². The Morgan fingerprint density at radius 1 is 1.20 bits per heavy atom. The van der Waals surface area contributed by atoms with Crippen molar-refractivity contribution in [2.45, 2.75) is 33.1 Å². The molecule has 0 saturated carbocycles. The average Bonchev–Trinajstić information content (AvgIpc) is 2.64. The minimum Gasteiger partial charge on any atom is -0.144 e. The summed E-state index contributed by atoms with van der Waals surface area (Å²) in [5, 5.41) is 3.55. The number of hydrogen-bond acceptors (Lipinski definition) is 1. The summed E-state index contributed by atoms with van der Waals surface area (Å²) < 4.78 is 1.43. The molecule has 80 valence electrons. The Bertz CT molecular complexity index is 426. The molecule has 0 atom stereocenters. The molecular formula is C14H18S. The lowest BCUT2D eigenvalue weighted by Crippen LogP contribution is -1.90. The van der Waals surface area contributed by atoms with Crippen LogP contribution in [0.2, 0.25) is 0 Å². The maximum absolute atomic E-state index is 2.35. The zero-order chi connectivity index (χ0) is 10.7. The lowest BCUT2D eigenvalue weighted by Gasteiger charge is -2.04. The molecule has 0 nitrogen and oxygen atoms in total. The van der Waals surface area contributed by atoms with Crippen LogP contribution in [0, 0.1) is 5.92 Å². The Balaban J connectivity index is 2.02. The third kappa shape index (κ3) is 2.82. The highest BCUT2D eigenvalue weighted by Crippen LogP contribution is 2.22. The molecule has 1 aromatic heterocycles. The van der Waals surface area contributed by atoms with Gasteiger partial charge in [-0.2, -0.15) is 0 Å². The Morgan fingerprint density at radius 3 is 2.87 bits per heavy atom. The quantitative estimate of drug-likeness (QED) is 0.686. The van der Waals surface area contributed by atoms with Crippen LogP contribution in [-0.2, 0) is 6.42 Å². The number of thiophene rings is 1. The summed E-state index contributed by atoms with van der Waals surface area (Å²) >= 11 is 1.84. The summed E-state index contributed by atoms with van der Waals surface area (Å²) in [6.45, 7) is 4.59. The molecule has 0 saturated heterocycles. The summed E-state index contributed by atoms with van der Waals surface area (Å²) in [6.07, 6.45) is 3.88. The maximum atomic E-state index is 2.35. The molecule has 0 aliphatic carbocycles. The molecule has 15 heavy (non-hydrogen) atoms. The Hall–Kier alpha value is -0.820. The topological polar surface area (TPSA) is 0 Å². The molecule has 0 bridgehead atoms. The zero-order valence-corrected chi connectivity index (χ0v) is 10.3. The molecule has 1 heterocycles. The van der Waals surface area contributed by atoms with Crippen LogP contribution < -0.4 is 0 Å². The Morgan fingerprint density at radius 2 is 2.07 bits per heavy atom. The molecule has 0 spiro atoms. The second-order valence-corrected chi connectivity index (χ2v) is 5.53. The number of aryl methyl sites for hydroxylation is 1. The lowest BCUT2D eigenvalue weighted by molar-refractivity contribution is 0.556. The van der Waals surface area contributed by atoms with E-state index in [0.717, 1.165) is 5.92 Å². The van der Waals surface area contributed by atoms with Gasteiger partial charge in [-0.15, -0.1) is 11.3 Å². The number of benzene rings is 1. The van der Waals surface area contributed by atoms with Crippen LogP contribution in [0.5, 0.6) is 0 Å². The second kappa shape index (κ2) is 4.80. The van der Waals surface area contributed by atoms with Gasteiger partial charge in [-0.1, -0.05) is 32.4 Å². The lowest BCUT2D eigenvalue weighted by atomic mass is 10.0. The molecule has 0 amide bonds. The van der Waals surface area contributed by atoms with E-state index in [4.69, 9.17) is 0 Å². The van der Waals surface area contributed by atoms with E-state index in [1.807, 2.05) is 11.3 Å². The van der Waals surface area contributed by atoms with Crippen molar-refractivity contribution in [3.8, 4) is 0 Å². The third-order valence-corrected chi connectivity index (χ3v) is 3.65. The van der Waals surface area contributed by atoms with Crippen molar-refractivity contribution in [1.82, 2.24) is 0 Å². The summed E-state index contributed by atoms with van der Waals surface area (Å²) in [5.74, 6) is 0.829. The summed E-state index contributed by atoms with van der Waals surface area (Å²) in [7, 11) is 0. The molecule has 1 aromatic carbocycles. The van der Waals surface area contributed by atoms with Gasteiger partial charge in [0.15, 0.2) is 0 Å². The van der Waals surface area contributed by atoms with Crippen LogP contribution in [0.15, 0.2) is 29.6 Å². The van der Waals surface area contributed by atoms with Crippen LogP contribution in [0.25, 0.3) is 10.1 Å². The van der Waals surface area contributed by atoms with Gasteiger partial charge in [0.25, 0.3) is 0 Å². The molecule has 0 aliphatic heterocycles. The molecule has 1 heteroatoms. The molecule has 0 radical (unpaired) electrons. The molecule has 0 aliphatic rings. The van der Waals surface area contributed by atoms with Crippen molar-refractivity contribution in [2.75, 3.05) is 0 Å². The fraction of sp³-hybridized carbons (Fsp3) is 0.429. The normalized spacial score (nSPS) is 11.4. The van der Waals surface area contributed by atoms with E-state index in [9.17, 15) is 0 Å². The van der Waals surface area contributed by atoms with E-state index in [1.54, 1.807) is 0 Å². The van der Waals surface area contributed by atoms with Crippen LogP contribution in [-0.4, -0.2) is 0 Å². The van der Waals surface area contributed by atoms with Gasteiger partial charge in [-0.3, -0.25) is 0 Å². The average molecular weight is 218 g/mol. The fourth-order valence-electron chi connectivity index (χ4n) is 1.87. The molecule has 2 aromatic rings. The summed E-state index contributed by atoms with van der Waals surface area (Å²) in [6, 6.07) is 9.06. The number of rotatable bonds is 4. The molecule has 0 N–H and O–H groups in total. The first-order valence-corrected chi connectivity index (χ1v) is 6.60. The minimum absolute atomic E-state index is 0.829. The maximum Gasteiger partial charge on any atom is 0.0345 e. The first-order chi connectivity index (χ1) is 7.25.